The van der Waals surface area contributed by atoms with Crippen LogP contribution in [0.25, 0.3) is 0 Å². The first-order valence-electron chi connectivity index (χ1n) is 5.83. The molecule has 0 aliphatic heterocycles. The van der Waals surface area contributed by atoms with Crippen molar-refractivity contribution in [2.24, 2.45) is 0 Å². The molecular formula is C11H18N4O3. The fourth-order valence-electron chi connectivity index (χ4n) is 1.50. The molecular weight excluding hydrogens is 236 g/mol. The molecule has 0 radical (unpaired) electrons. The maximum absolute atomic E-state index is 11.0. The first-order chi connectivity index (χ1) is 8.62. The minimum Gasteiger partial charge on any atom is -0.480 e. The fraction of sp³-hybridized carbons (Fsp3) is 0.636. The second kappa shape index (κ2) is 6.85. The van der Waals surface area contributed by atoms with E-state index < -0.39 is 12.0 Å². The number of carbonyl (C=O) groups is 1. The van der Waals surface area contributed by atoms with Crippen LogP contribution < -0.4 is 5.32 Å². The van der Waals surface area contributed by atoms with Crippen molar-refractivity contribution in [3.8, 4) is 0 Å². The third-order valence-electron chi connectivity index (χ3n) is 2.44. The first-order valence-corrected chi connectivity index (χ1v) is 5.83. The zero-order valence-corrected chi connectivity index (χ0v) is 10.8. The van der Waals surface area contributed by atoms with Crippen LogP contribution in [-0.4, -0.2) is 46.0 Å². The molecule has 0 aromatic carbocycles. The molecule has 7 nitrogen and oxygen atoms in total. The quantitative estimate of drug-likeness (QED) is 0.731. The number of aryl methyl sites for hydroxylation is 2. The Labute approximate surface area is 106 Å². The van der Waals surface area contributed by atoms with Crippen molar-refractivity contribution in [1.82, 2.24) is 15.2 Å². The number of hydrogen-bond donors (Lipinski definition) is 2. The van der Waals surface area contributed by atoms with Crippen LogP contribution in [0.15, 0.2) is 0 Å². The number of aromatic nitrogens is 3. The van der Waals surface area contributed by atoms with Crippen molar-refractivity contribution in [2.75, 3.05) is 19.0 Å². The molecule has 0 amide bonds. The largest absolute Gasteiger partial charge is 0.480 e. The van der Waals surface area contributed by atoms with E-state index in [1.54, 1.807) is 0 Å². The van der Waals surface area contributed by atoms with Gasteiger partial charge in [-0.25, -0.2) is 9.78 Å². The summed E-state index contributed by atoms with van der Waals surface area (Å²) < 4.78 is 4.82. The van der Waals surface area contributed by atoms with Gasteiger partial charge in [0.25, 0.3) is 0 Å². The van der Waals surface area contributed by atoms with E-state index in [0.717, 1.165) is 24.2 Å². The van der Waals surface area contributed by atoms with Crippen molar-refractivity contribution in [3.63, 3.8) is 0 Å². The van der Waals surface area contributed by atoms with Crippen molar-refractivity contribution < 1.29 is 14.6 Å². The number of aliphatic carboxylic acids is 1. The molecule has 1 aromatic rings. The molecule has 0 bridgehead atoms. The number of anilines is 1. The Hall–Kier alpha value is -1.76. The average Bonchev–Trinajstić information content (AvgIpc) is 2.37. The van der Waals surface area contributed by atoms with Gasteiger partial charge in [0.2, 0.25) is 5.95 Å². The summed E-state index contributed by atoms with van der Waals surface area (Å²) in [5, 5.41) is 19.6. The number of carboxylic acids is 1. The lowest BCUT2D eigenvalue weighted by molar-refractivity contribution is -0.139. The van der Waals surface area contributed by atoms with Crippen LogP contribution in [-0.2, 0) is 22.4 Å². The molecule has 1 rings (SSSR count). The average molecular weight is 254 g/mol. The molecule has 1 heterocycles. The minimum atomic E-state index is -1.02. The minimum absolute atomic E-state index is 0.0374. The van der Waals surface area contributed by atoms with Gasteiger partial charge in [-0.3, -0.25) is 0 Å². The zero-order valence-electron chi connectivity index (χ0n) is 10.8. The monoisotopic (exact) mass is 254 g/mol. The molecule has 1 atom stereocenters. The van der Waals surface area contributed by atoms with Gasteiger partial charge in [0.1, 0.15) is 0 Å². The van der Waals surface area contributed by atoms with E-state index in [9.17, 15) is 4.79 Å². The van der Waals surface area contributed by atoms with E-state index in [1.165, 1.54) is 7.11 Å². The van der Waals surface area contributed by atoms with Crippen LogP contribution in [0.3, 0.4) is 0 Å². The highest BCUT2D eigenvalue weighted by molar-refractivity contribution is 5.76. The van der Waals surface area contributed by atoms with Gasteiger partial charge >= 0.3 is 5.97 Å². The van der Waals surface area contributed by atoms with Gasteiger partial charge in [-0.15, -0.1) is 5.10 Å². The summed E-state index contributed by atoms with van der Waals surface area (Å²) in [7, 11) is 1.44. The third-order valence-corrected chi connectivity index (χ3v) is 2.44. The Morgan fingerprint density at radius 3 is 2.50 bits per heavy atom. The van der Waals surface area contributed by atoms with E-state index in [0.29, 0.717) is 0 Å². The van der Waals surface area contributed by atoms with Crippen LogP contribution in [0.2, 0.25) is 0 Å². The fourth-order valence-corrected chi connectivity index (χ4v) is 1.50. The second-order valence-corrected chi connectivity index (χ2v) is 3.73. The van der Waals surface area contributed by atoms with Gasteiger partial charge in [-0.1, -0.05) is 13.8 Å². The van der Waals surface area contributed by atoms with Gasteiger partial charge < -0.3 is 15.2 Å². The molecule has 18 heavy (non-hydrogen) atoms. The summed E-state index contributed by atoms with van der Waals surface area (Å²) in [6.45, 7) is 3.98. The highest BCUT2D eigenvalue weighted by Gasteiger charge is 2.18. The standard InChI is InChI=1S/C11H18N4O3/c1-4-7-8(5-2)14-15-11(12-7)13-9(6-18-3)10(16)17/h9H,4-6H2,1-3H3,(H,16,17)(H,12,13,15). The van der Waals surface area contributed by atoms with Gasteiger partial charge in [0, 0.05) is 7.11 Å². The molecule has 0 aliphatic carbocycles. The predicted molar refractivity (Wildman–Crippen MR) is 65.5 cm³/mol. The zero-order chi connectivity index (χ0) is 13.5. The number of ether oxygens (including phenoxy) is 1. The Balaban J connectivity index is 2.86. The van der Waals surface area contributed by atoms with E-state index in [1.807, 2.05) is 13.8 Å². The number of carboxylic acid groups (broad SMARTS) is 1. The third kappa shape index (κ3) is 3.63. The molecule has 0 fully saturated rings. The molecule has 0 saturated carbocycles. The number of hydrogen-bond acceptors (Lipinski definition) is 6. The summed E-state index contributed by atoms with van der Waals surface area (Å²) in [4.78, 5) is 15.2. The molecule has 7 heteroatoms. The van der Waals surface area contributed by atoms with E-state index in [4.69, 9.17) is 9.84 Å². The summed E-state index contributed by atoms with van der Waals surface area (Å²) >= 11 is 0. The van der Waals surface area contributed by atoms with Crippen molar-refractivity contribution in [3.05, 3.63) is 11.4 Å². The first kappa shape index (κ1) is 14.3. The van der Waals surface area contributed by atoms with Crippen LogP contribution in [0.1, 0.15) is 25.2 Å². The Morgan fingerprint density at radius 1 is 1.33 bits per heavy atom. The SMILES string of the molecule is CCc1nnc(NC(COC)C(=O)O)nc1CC. The highest BCUT2D eigenvalue weighted by Crippen LogP contribution is 2.07. The highest BCUT2D eigenvalue weighted by atomic mass is 16.5. The van der Waals surface area contributed by atoms with Crippen molar-refractivity contribution >= 4 is 11.9 Å². The lowest BCUT2D eigenvalue weighted by Crippen LogP contribution is -2.34. The van der Waals surface area contributed by atoms with Gasteiger partial charge in [-0.05, 0) is 12.8 Å². The topological polar surface area (TPSA) is 97.2 Å². The van der Waals surface area contributed by atoms with Crippen molar-refractivity contribution in [2.45, 2.75) is 32.7 Å². The maximum atomic E-state index is 11.0. The number of rotatable bonds is 7. The molecule has 1 aromatic heterocycles. The Kier molecular flexibility index (Phi) is 5.44. The molecule has 100 valence electrons. The van der Waals surface area contributed by atoms with E-state index in [-0.39, 0.29) is 12.6 Å². The van der Waals surface area contributed by atoms with Gasteiger partial charge in [-0.2, -0.15) is 5.10 Å². The molecule has 0 aliphatic rings. The smallest absolute Gasteiger partial charge is 0.328 e. The molecule has 2 N–H and O–H groups in total. The summed E-state index contributed by atoms with van der Waals surface area (Å²) in [5.74, 6) is -0.799. The summed E-state index contributed by atoms with van der Waals surface area (Å²) in [5.41, 5.74) is 1.67. The number of methoxy groups -OCH3 is 1. The van der Waals surface area contributed by atoms with Crippen LogP contribution in [0.5, 0.6) is 0 Å². The summed E-state index contributed by atoms with van der Waals surface area (Å²) in [6, 6.07) is -0.881. The van der Waals surface area contributed by atoms with Crippen LogP contribution in [0, 0.1) is 0 Å². The molecule has 1 unspecified atom stereocenters. The van der Waals surface area contributed by atoms with Crippen molar-refractivity contribution in [1.29, 1.82) is 0 Å². The van der Waals surface area contributed by atoms with Crippen LogP contribution >= 0.6 is 0 Å². The molecule has 0 spiro atoms. The normalized spacial score (nSPS) is 12.2. The predicted octanol–water partition coefficient (Wildman–Crippen LogP) is 0.508. The second-order valence-electron chi connectivity index (χ2n) is 3.73. The lowest BCUT2D eigenvalue weighted by Gasteiger charge is -2.13. The number of nitrogens with zero attached hydrogens (tertiary/aromatic N) is 3. The lowest BCUT2D eigenvalue weighted by atomic mass is 10.2. The number of nitrogens with one attached hydrogen (secondary N) is 1. The van der Waals surface area contributed by atoms with Crippen LogP contribution in [0.4, 0.5) is 5.95 Å². The Morgan fingerprint density at radius 2 is 2.00 bits per heavy atom. The van der Waals surface area contributed by atoms with Gasteiger partial charge in [0.15, 0.2) is 6.04 Å². The maximum Gasteiger partial charge on any atom is 0.328 e. The van der Waals surface area contributed by atoms with Gasteiger partial charge in [0.05, 0.1) is 18.0 Å². The summed E-state index contributed by atoms with van der Waals surface area (Å²) in [6.07, 6.45) is 1.49. The van der Waals surface area contributed by atoms with E-state index in [2.05, 4.69) is 20.5 Å². The van der Waals surface area contributed by atoms with E-state index >= 15 is 0 Å². The molecule has 0 saturated heterocycles. The Bertz CT molecular complexity index is 411.